The van der Waals surface area contributed by atoms with E-state index in [9.17, 15) is 4.79 Å². The van der Waals surface area contributed by atoms with Crippen LogP contribution < -0.4 is 19.6 Å². The Bertz CT molecular complexity index is 648. The standard InChI is InChI=1S/C16H24N4O5/c1-15-7-6-10(16(15,9-15)25-14(21)19-20(2)3)24-13-17-11(22-4)8-12(18-13)23-5/h8,10H,6-7,9H2,1-5H3,(H,19,21). The summed E-state index contributed by atoms with van der Waals surface area (Å²) in [5.41, 5.74) is 1.87. The van der Waals surface area contributed by atoms with E-state index in [2.05, 4.69) is 22.3 Å². The van der Waals surface area contributed by atoms with Crippen LogP contribution in [0, 0.1) is 5.41 Å². The highest BCUT2D eigenvalue weighted by Gasteiger charge is 2.76. The number of amides is 1. The van der Waals surface area contributed by atoms with Crippen molar-refractivity contribution in [2.75, 3.05) is 28.3 Å². The second kappa shape index (κ2) is 6.21. The Morgan fingerprint density at radius 2 is 1.92 bits per heavy atom. The molecule has 9 nitrogen and oxygen atoms in total. The molecular weight excluding hydrogens is 328 g/mol. The number of rotatable bonds is 6. The lowest BCUT2D eigenvalue weighted by Crippen LogP contribution is -2.44. The smallest absolute Gasteiger partial charge is 0.422 e. The molecule has 0 aromatic carbocycles. The molecular formula is C16H24N4O5. The van der Waals surface area contributed by atoms with E-state index in [1.807, 2.05) is 0 Å². The minimum atomic E-state index is -0.660. The average Bonchev–Trinajstić information content (AvgIpc) is 3.06. The third-order valence-electron chi connectivity index (χ3n) is 4.94. The number of fused-ring (bicyclic) bond motifs is 1. The van der Waals surface area contributed by atoms with Gasteiger partial charge in [0.05, 0.1) is 20.3 Å². The molecule has 138 valence electrons. The van der Waals surface area contributed by atoms with Crippen LogP contribution in [0.4, 0.5) is 4.79 Å². The van der Waals surface area contributed by atoms with Crippen LogP contribution >= 0.6 is 0 Å². The summed E-state index contributed by atoms with van der Waals surface area (Å²) in [6.07, 6.45) is 1.62. The summed E-state index contributed by atoms with van der Waals surface area (Å²) in [6, 6.07) is 1.72. The summed E-state index contributed by atoms with van der Waals surface area (Å²) >= 11 is 0. The van der Waals surface area contributed by atoms with Gasteiger partial charge in [0.15, 0.2) is 5.60 Å². The van der Waals surface area contributed by atoms with Gasteiger partial charge < -0.3 is 18.9 Å². The normalized spacial score (nSPS) is 29.8. The van der Waals surface area contributed by atoms with E-state index in [-0.39, 0.29) is 17.5 Å². The minimum Gasteiger partial charge on any atom is -0.481 e. The van der Waals surface area contributed by atoms with Crippen LogP contribution in [0.25, 0.3) is 0 Å². The molecule has 0 saturated heterocycles. The first-order chi connectivity index (χ1) is 11.8. The number of aromatic nitrogens is 2. The zero-order chi connectivity index (χ0) is 18.2. The van der Waals surface area contributed by atoms with Gasteiger partial charge in [-0.1, -0.05) is 6.92 Å². The zero-order valence-electron chi connectivity index (χ0n) is 15.2. The highest BCUT2D eigenvalue weighted by atomic mass is 16.6. The molecule has 2 aliphatic carbocycles. The van der Waals surface area contributed by atoms with Crippen LogP contribution in [0.1, 0.15) is 26.2 Å². The molecule has 0 aliphatic heterocycles. The number of carbonyl (C=O) groups excluding carboxylic acids is 1. The second-order valence-electron chi connectivity index (χ2n) is 6.90. The van der Waals surface area contributed by atoms with E-state index in [1.165, 1.54) is 14.2 Å². The van der Waals surface area contributed by atoms with Crippen LogP contribution in [-0.2, 0) is 4.74 Å². The molecule has 2 saturated carbocycles. The van der Waals surface area contributed by atoms with Crippen molar-refractivity contribution >= 4 is 6.09 Å². The van der Waals surface area contributed by atoms with Crippen LogP contribution in [0.2, 0.25) is 0 Å². The average molecular weight is 352 g/mol. The van der Waals surface area contributed by atoms with Gasteiger partial charge in [0.1, 0.15) is 6.10 Å². The van der Waals surface area contributed by atoms with Crippen molar-refractivity contribution in [2.24, 2.45) is 5.41 Å². The minimum absolute atomic E-state index is 0.0791. The quantitative estimate of drug-likeness (QED) is 0.768. The monoisotopic (exact) mass is 352 g/mol. The summed E-state index contributed by atoms with van der Waals surface area (Å²) in [5, 5.41) is 1.54. The number of hydrazine groups is 1. The van der Waals surface area contributed by atoms with Gasteiger partial charge in [-0.25, -0.2) is 9.80 Å². The molecule has 3 rings (SSSR count). The Kier molecular flexibility index (Phi) is 4.36. The molecule has 2 aliphatic rings. The highest BCUT2D eigenvalue weighted by Crippen LogP contribution is 2.69. The highest BCUT2D eigenvalue weighted by molar-refractivity contribution is 5.68. The Morgan fingerprint density at radius 3 is 2.44 bits per heavy atom. The van der Waals surface area contributed by atoms with E-state index in [0.29, 0.717) is 11.8 Å². The first-order valence-electron chi connectivity index (χ1n) is 8.12. The van der Waals surface area contributed by atoms with Crippen LogP contribution in [0.15, 0.2) is 6.07 Å². The van der Waals surface area contributed by atoms with Crippen molar-refractivity contribution in [3.05, 3.63) is 6.07 Å². The fourth-order valence-electron chi connectivity index (χ4n) is 3.54. The van der Waals surface area contributed by atoms with Gasteiger partial charge >= 0.3 is 12.1 Å². The Hall–Kier alpha value is -2.29. The van der Waals surface area contributed by atoms with Gasteiger partial charge in [-0.3, -0.25) is 5.43 Å². The predicted octanol–water partition coefficient (Wildman–Crippen LogP) is 1.39. The van der Waals surface area contributed by atoms with Gasteiger partial charge in [0.2, 0.25) is 11.8 Å². The van der Waals surface area contributed by atoms with Crippen LogP contribution in [0.5, 0.6) is 17.8 Å². The topological polar surface area (TPSA) is 95.0 Å². The van der Waals surface area contributed by atoms with Crippen molar-refractivity contribution in [3.63, 3.8) is 0 Å². The number of ether oxygens (including phenoxy) is 4. The Balaban J connectivity index is 1.77. The fraction of sp³-hybridized carbons (Fsp3) is 0.688. The number of hydrogen-bond donors (Lipinski definition) is 1. The van der Waals surface area contributed by atoms with E-state index in [4.69, 9.17) is 18.9 Å². The van der Waals surface area contributed by atoms with E-state index in [0.717, 1.165) is 19.3 Å². The van der Waals surface area contributed by atoms with E-state index >= 15 is 0 Å². The fourth-order valence-corrected chi connectivity index (χ4v) is 3.54. The number of nitrogens with zero attached hydrogens (tertiary/aromatic N) is 3. The number of methoxy groups -OCH3 is 2. The molecule has 1 heterocycles. The van der Waals surface area contributed by atoms with Crippen molar-refractivity contribution in [2.45, 2.75) is 37.9 Å². The molecule has 3 atom stereocenters. The molecule has 1 aromatic heterocycles. The van der Waals surface area contributed by atoms with Gasteiger partial charge in [0, 0.05) is 25.9 Å². The van der Waals surface area contributed by atoms with Gasteiger partial charge in [0.25, 0.3) is 0 Å². The van der Waals surface area contributed by atoms with Gasteiger partial charge in [-0.15, -0.1) is 0 Å². The lowest BCUT2D eigenvalue weighted by Gasteiger charge is -2.25. The van der Waals surface area contributed by atoms with Crippen molar-refractivity contribution in [1.29, 1.82) is 0 Å². The number of carbonyl (C=O) groups is 1. The lowest BCUT2D eigenvalue weighted by molar-refractivity contribution is -0.0133. The molecule has 25 heavy (non-hydrogen) atoms. The van der Waals surface area contributed by atoms with Crippen LogP contribution in [-0.4, -0.2) is 61.1 Å². The molecule has 0 bridgehead atoms. The first kappa shape index (κ1) is 17.5. The molecule has 9 heteroatoms. The number of hydrogen-bond acceptors (Lipinski definition) is 8. The molecule has 2 fully saturated rings. The van der Waals surface area contributed by atoms with Crippen LogP contribution in [0.3, 0.4) is 0 Å². The molecule has 3 unspecified atom stereocenters. The Morgan fingerprint density at radius 1 is 1.28 bits per heavy atom. The largest absolute Gasteiger partial charge is 0.481 e. The van der Waals surface area contributed by atoms with E-state index in [1.54, 1.807) is 25.2 Å². The first-order valence-corrected chi connectivity index (χ1v) is 8.12. The predicted molar refractivity (Wildman–Crippen MR) is 87.5 cm³/mol. The maximum Gasteiger partial charge on any atom is 0.422 e. The summed E-state index contributed by atoms with van der Waals surface area (Å²) in [5.74, 6) is 0.692. The van der Waals surface area contributed by atoms with Crippen molar-refractivity contribution in [1.82, 2.24) is 20.4 Å². The summed E-state index contributed by atoms with van der Waals surface area (Å²) in [4.78, 5) is 20.5. The maximum atomic E-state index is 12.1. The second-order valence-corrected chi connectivity index (χ2v) is 6.90. The lowest BCUT2D eigenvalue weighted by atomic mass is 10.1. The summed E-state index contributed by atoms with van der Waals surface area (Å²) < 4.78 is 22.0. The third kappa shape index (κ3) is 3.15. The molecule has 0 radical (unpaired) electrons. The molecule has 1 N–H and O–H groups in total. The zero-order valence-corrected chi connectivity index (χ0v) is 15.2. The molecule has 1 amide bonds. The number of nitrogens with one attached hydrogen (secondary N) is 1. The van der Waals surface area contributed by atoms with E-state index < -0.39 is 11.7 Å². The third-order valence-corrected chi connectivity index (χ3v) is 4.94. The van der Waals surface area contributed by atoms with Crippen molar-refractivity contribution in [3.8, 4) is 17.8 Å². The van der Waals surface area contributed by atoms with Gasteiger partial charge in [-0.05, 0) is 12.8 Å². The summed E-state index contributed by atoms with van der Waals surface area (Å²) in [7, 11) is 6.47. The summed E-state index contributed by atoms with van der Waals surface area (Å²) in [6.45, 7) is 2.10. The van der Waals surface area contributed by atoms with Gasteiger partial charge in [-0.2, -0.15) is 9.97 Å². The Labute approximate surface area is 146 Å². The maximum absolute atomic E-state index is 12.1. The molecule has 0 spiro atoms. The molecule has 1 aromatic rings. The SMILES string of the molecule is COc1cc(OC)nc(OC2CCC3(C)CC23OC(=O)NN(C)C)n1. The van der Waals surface area contributed by atoms with Crippen molar-refractivity contribution < 1.29 is 23.7 Å².